The van der Waals surface area contributed by atoms with Crippen LogP contribution in [0.25, 0.3) is 20.4 Å². The number of amides is 4. The van der Waals surface area contributed by atoms with E-state index >= 15 is 0 Å². The summed E-state index contributed by atoms with van der Waals surface area (Å²) in [5, 5.41) is 2.69. The normalized spacial score (nSPS) is 17.5. The molecule has 3 N–H and O–H groups in total. The first-order chi connectivity index (χ1) is 24.5. The number of carbonyl (C=O) groups is 3. The van der Waals surface area contributed by atoms with E-state index in [0.717, 1.165) is 20.5 Å². The number of carbonyl (C=O) groups excluding carboxylic acids is 3. The number of rotatable bonds is 11. The lowest BCUT2D eigenvalue weighted by molar-refractivity contribution is -0.121. The molecule has 1 aliphatic carbocycles. The molecule has 1 aliphatic rings. The lowest BCUT2D eigenvalue weighted by Gasteiger charge is -2.27. The molecule has 0 saturated heterocycles. The quantitative estimate of drug-likeness (QED) is 0.165. The van der Waals surface area contributed by atoms with Crippen molar-refractivity contribution < 1.29 is 22.8 Å². The van der Waals surface area contributed by atoms with Gasteiger partial charge in [0.25, 0.3) is 5.91 Å². The predicted molar refractivity (Wildman–Crippen MR) is 200 cm³/mol. The zero-order valence-corrected chi connectivity index (χ0v) is 30.0. The summed E-state index contributed by atoms with van der Waals surface area (Å²) in [7, 11) is -1.47. The number of nitrogens with one attached hydrogen (secondary N) is 3. The molecule has 2 aromatic heterocycles. The Bertz CT molecular complexity index is 2350. The summed E-state index contributed by atoms with van der Waals surface area (Å²) in [6.07, 6.45) is 0.265. The molecule has 7 rings (SSSR count). The number of nitrogens with zero attached hydrogens (tertiary/aromatic N) is 4. The first-order valence-corrected chi connectivity index (χ1v) is 19.2. The topological polar surface area (TPSA) is 154 Å². The Balaban J connectivity index is 1.11. The van der Waals surface area contributed by atoms with Crippen molar-refractivity contribution in [2.24, 2.45) is 0 Å². The molecular formula is C36H33N7O5S3. The molecule has 260 valence electrons. The van der Waals surface area contributed by atoms with Gasteiger partial charge < -0.3 is 15.1 Å². The minimum absolute atomic E-state index is 0.0120. The van der Waals surface area contributed by atoms with Gasteiger partial charge in [0.2, 0.25) is 5.91 Å². The van der Waals surface area contributed by atoms with Gasteiger partial charge in [-0.15, -0.1) is 22.7 Å². The van der Waals surface area contributed by atoms with Crippen molar-refractivity contribution in [3.8, 4) is 0 Å². The van der Waals surface area contributed by atoms with Crippen molar-refractivity contribution in [3.63, 3.8) is 0 Å². The number of fused-ring (bicyclic) bond motifs is 2. The number of benzene rings is 4. The molecule has 1 fully saturated rings. The van der Waals surface area contributed by atoms with E-state index < -0.39 is 45.6 Å². The average Bonchev–Trinajstić information content (AvgIpc) is 3.42. The van der Waals surface area contributed by atoms with Gasteiger partial charge in [-0.1, -0.05) is 60.7 Å². The third-order valence-electron chi connectivity index (χ3n) is 9.02. The Morgan fingerprint density at radius 1 is 0.824 bits per heavy atom. The number of thiazole rings is 2. The molecule has 4 aromatic carbocycles. The van der Waals surface area contributed by atoms with Crippen LogP contribution in [-0.2, 0) is 26.2 Å². The minimum atomic E-state index is -4.63. The van der Waals surface area contributed by atoms with Crippen molar-refractivity contribution in [1.29, 1.82) is 0 Å². The fourth-order valence-corrected chi connectivity index (χ4v) is 8.49. The van der Waals surface area contributed by atoms with Gasteiger partial charge >= 0.3 is 16.2 Å². The van der Waals surface area contributed by atoms with Crippen LogP contribution >= 0.6 is 22.7 Å². The van der Waals surface area contributed by atoms with E-state index in [1.165, 1.54) is 32.5 Å². The number of urea groups is 1. The van der Waals surface area contributed by atoms with Crippen molar-refractivity contribution >= 4 is 82.5 Å². The lowest BCUT2D eigenvalue weighted by atomic mass is 10.0. The Morgan fingerprint density at radius 2 is 1.39 bits per heavy atom. The van der Waals surface area contributed by atoms with Gasteiger partial charge in [-0.3, -0.25) is 9.59 Å². The van der Waals surface area contributed by atoms with Gasteiger partial charge in [0, 0.05) is 31.4 Å². The highest BCUT2D eigenvalue weighted by Gasteiger charge is 2.63. The molecule has 12 nitrogen and oxygen atoms in total. The molecule has 1 saturated carbocycles. The molecule has 0 aliphatic heterocycles. The maximum atomic E-state index is 14.2. The van der Waals surface area contributed by atoms with Crippen LogP contribution in [0.15, 0.2) is 108 Å². The second-order valence-electron chi connectivity index (χ2n) is 12.3. The van der Waals surface area contributed by atoms with Crippen LogP contribution in [0.4, 0.5) is 16.2 Å². The van der Waals surface area contributed by atoms with Crippen LogP contribution in [0.5, 0.6) is 0 Å². The van der Waals surface area contributed by atoms with Crippen molar-refractivity contribution in [1.82, 2.24) is 24.7 Å². The summed E-state index contributed by atoms with van der Waals surface area (Å²) in [5.41, 5.74) is 6.08. The zero-order valence-electron chi connectivity index (χ0n) is 27.5. The van der Waals surface area contributed by atoms with Crippen molar-refractivity contribution in [2.45, 2.75) is 30.3 Å². The van der Waals surface area contributed by atoms with Gasteiger partial charge in [0.05, 0.1) is 31.5 Å². The Kier molecular flexibility index (Phi) is 9.28. The molecule has 1 unspecified atom stereocenters. The van der Waals surface area contributed by atoms with Crippen LogP contribution in [0.1, 0.15) is 23.5 Å². The summed E-state index contributed by atoms with van der Waals surface area (Å²) >= 11 is 2.95. The van der Waals surface area contributed by atoms with Crippen LogP contribution < -0.4 is 24.6 Å². The predicted octanol–water partition coefficient (Wildman–Crippen LogP) is 5.20. The van der Waals surface area contributed by atoms with Crippen LogP contribution in [0, 0.1) is 0 Å². The van der Waals surface area contributed by atoms with Crippen molar-refractivity contribution in [2.75, 3.05) is 23.9 Å². The van der Waals surface area contributed by atoms with Gasteiger partial charge in [0.1, 0.15) is 11.6 Å². The van der Waals surface area contributed by atoms with Crippen molar-refractivity contribution in [3.05, 3.63) is 119 Å². The molecule has 0 bridgehead atoms. The summed E-state index contributed by atoms with van der Waals surface area (Å²) < 4.78 is 33.4. The monoisotopic (exact) mass is 739 g/mol. The Hall–Kier alpha value is -5.22. The second-order valence-corrected chi connectivity index (χ2v) is 15.5. The van der Waals surface area contributed by atoms with E-state index in [1.807, 2.05) is 53.3 Å². The summed E-state index contributed by atoms with van der Waals surface area (Å²) in [4.78, 5) is 53.1. The third kappa shape index (κ3) is 7.19. The molecule has 2 heterocycles. The molecule has 4 amide bonds. The molecule has 0 radical (unpaired) electrons. The SMILES string of the molecule is CN(C(=O)[C@H](Cc1ccccc1)NS(=O)(=O)NC(=O)N[C@]1(C(=O)N(C)c2ccc3scnc3c2)CC1c1ccccc1)c1ccc2scnc2c1. The highest BCUT2D eigenvalue weighted by Crippen LogP contribution is 2.52. The maximum absolute atomic E-state index is 14.2. The van der Waals surface area contributed by atoms with Gasteiger partial charge in [0.15, 0.2) is 0 Å². The number of anilines is 2. The van der Waals surface area contributed by atoms with E-state index in [0.29, 0.717) is 22.5 Å². The van der Waals surface area contributed by atoms with E-state index in [9.17, 15) is 22.8 Å². The standard InChI is InChI=1S/C36H33N7O5S3/c1-42(25-13-15-31-28(18-25)37-21-49-31)33(44)30(17-23-9-5-3-6-10-23)40-51(47,48)41-35(46)39-36(20-27(36)24-11-7-4-8-12-24)34(45)43(2)26-14-16-32-29(19-26)38-22-50-32/h3-16,18-19,21-22,27,30,40H,17,20H2,1-2H3,(H2,39,41,46)/t27?,30-,36+/m0/s1. The van der Waals surface area contributed by atoms with Gasteiger partial charge in [-0.05, 0) is 60.4 Å². The van der Waals surface area contributed by atoms with Crippen LogP contribution in [0.3, 0.4) is 0 Å². The van der Waals surface area contributed by atoms with E-state index in [2.05, 4.69) is 20.0 Å². The average molecular weight is 740 g/mol. The largest absolute Gasteiger partial charge is 0.330 e. The minimum Gasteiger partial charge on any atom is -0.322 e. The highest BCUT2D eigenvalue weighted by atomic mass is 32.2. The number of aromatic nitrogens is 2. The number of likely N-dealkylation sites (N-methyl/N-ethyl adjacent to an activating group) is 2. The fourth-order valence-electron chi connectivity index (χ4n) is 6.26. The van der Waals surface area contributed by atoms with Gasteiger partial charge in [-0.2, -0.15) is 13.1 Å². The van der Waals surface area contributed by atoms with Gasteiger partial charge in [-0.25, -0.2) is 19.5 Å². The first-order valence-electron chi connectivity index (χ1n) is 16.0. The first kappa shape index (κ1) is 34.2. The summed E-state index contributed by atoms with van der Waals surface area (Å²) in [6.45, 7) is 0. The molecule has 51 heavy (non-hydrogen) atoms. The lowest BCUT2D eigenvalue weighted by Crippen LogP contribution is -2.58. The highest BCUT2D eigenvalue weighted by molar-refractivity contribution is 7.88. The van der Waals surface area contributed by atoms with E-state index in [4.69, 9.17) is 0 Å². The maximum Gasteiger partial charge on any atom is 0.330 e. The number of hydrogen-bond acceptors (Lipinski definition) is 9. The molecular weight excluding hydrogens is 707 g/mol. The molecule has 15 heteroatoms. The van der Waals surface area contributed by atoms with E-state index in [1.54, 1.807) is 73.6 Å². The summed E-state index contributed by atoms with van der Waals surface area (Å²) in [6, 6.07) is 26.7. The molecule has 6 aromatic rings. The zero-order chi connectivity index (χ0) is 35.8. The fraction of sp³-hybridized carbons (Fsp3) is 0.194. The smallest absolute Gasteiger partial charge is 0.322 e. The summed E-state index contributed by atoms with van der Waals surface area (Å²) in [5.74, 6) is -1.37. The Morgan fingerprint density at radius 3 is 2.00 bits per heavy atom. The Labute approximate surface area is 302 Å². The second kappa shape index (κ2) is 13.8. The molecule has 0 spiro atoms. The van der Waals surface area contributed by atoms with Crippen LogP contribution in [0.2, 0.25) is 0 Å². The molecule has 3 atom stereocenters. The number of hydrogen-bond donors (Lipinski definition) is 3. The van der Waals surface area contributed by atoms with Crippen LogP contribution in [-0.4, -0.2) is 61.9 Å². The van der Waals surface area contributed by atoms with E-state index in [-0.39, 0.29) is 12.8 Å². The third-order valence-corrected chi connectivity index (χ3v) is 11.7.